The molecular weight excluding hydrogens is 272 g/mol. The first-order chi connectivity index (χ1) is 9.99. The molecule has 0 bridgehead atoms. The van der Waals surface area contributed by atoms with Crippen LogP contribution in [0, 0.1) is 5.41 Å². The van der Waals surface area contributed by atoms with Gasteiger partial charge in [0, 0.05) is 13.1 Å². The summed E-state index contributed by atoms with van der Waals surface area (Å²) < 4.78 is 1.55. The third-order valence-electron chi connectivity index (χ3n) is 4.05. The van der Waals surface area contributed by atoms with Crippen molar-refractivity contribution < 1.29 is 14.7 Å². The summed E-state index contributed by atoms with van der Waals surface area (Å²) in [4.78, 5) is 25.1. The van der Waals surface area contributed by atoms with Gasteiger partial charge in [-0.3, -0.25) is 9.59 Å². The lowest BCUT2D eigenvalue weighted by Gasteiger charge is -2.20. The minimum absolute atomic E-state index is 0.0796. The van der Waals surface area contributed by atoms with Crippen LogP contribution in [0.4, 0.5) is 0 Å². The molecule has 7 heteroatoms. The van der Waals surface area contributed by atoms with Gasteiger partial charge in [0.1, 0.15) is 12.1 Å². The molecule has 1 fully saturated rings. The van der Waals surface area contributed by atoms with Crippen molar-refractivity contribution in [2.45, 2.75) is 19.9 Å². The molecule has 1 aliphatic rings. The first-order valence-electron chi connectivity index (χ1n) is 6.79. The number of nitrogens with zero attached hydrogens (tertiary/aromatic N) is 4. The molecule has 1 aromatic heterocycles. The van der Waals surface area contributed by atoms with Crippen molar-refractivity contribution in [3.8, 4) is 0 Å². The number of carboxylic acid groups (broad SMARTS) is 1. The predicted molar refractivity (Wildman–Crippen MR) is 74.5 cm³/mol. The maximum absolute atomic E-state index is 12.3. The molecule has 1 aromatic carbocycles. The summed E-state index contributed by atoms with van der Waals surface area (Å²) in [6, 6.07) is 7.42. The lowest BCUT2D eigenvalue weighted by Crippen LogP contribution is -2.36. The van der Waals surface area contributed by atoms with Gasteiger partial charge in [0.25, 0.3) is 0 Å². The van der Waals surface area contributed by atoms with Crippen LogP contribution in [0.25, 0.3) is 11.0 Å². The van der Waals surface area contributed by atoms with Crippen LogP contribution in [-0.4, -0.2) is 50.0 Å². The molecular formula is C14H16N4O3. The molecule has 0 unspecified atom stereocenters. The fraction of sp³-hybridized carbons (Fsp3) is 0.429. The topological polar surface area (TPSA) is 88.3 Å². The fourth-order valence-corrected chi connectivity index (χ4v) is 2.61. The Morgan fingerprint density at radius 1 is 1.38 bits per heavy atom. The van der Waals surface area contributed by atoms with E-state index in [-0.39, 0.29) is 19.0 Å². The smallest absolute Gasteiger partial charge is 0.311 e. The standard InChI is InChI=1S/C14H16N4O3/c1-14(13(20)21)6-7-17(9-14)12(19)8-18-11-5-3-2-4-10(11)15-16-18/h2-5H,6-9H2,1H3,(H,20,21)/t14-/m0/s1. The summed E-state index contributed by atoms with van der Waals surface area (Å²) in [5, 5.41) is 17.2. The molecule has 2 aromatic rings. The number of aliphatic carboxylic acids is 1. The molecule has 21 heavy (non-hydrogen) atoms. The highest BCUT2D eigenvalue weighted by Crippen LogP contribution is 2.30. The molecule has 3 rings (SSSR count). The van der Waals surface area contributed by atoms with Gasteiger partial charge in [-0.2, -0.15) is 0 Å². The molecule has 0 aliphatic carbocycles. The Morgan fingerprint density at radius 3 is 2.86 bits per heavy atom. The zero-order chi connectivity index (χ0) is 15.0. The maximum Gasteiger partial charge on any atom is 0.311 e. The fourth-order valence-electron chi connectivity index (χ4n) is 2.61. The van der Waals surface area contributed by atoms with Crippen molar-refractivity contribution in [3.05, 3.63) is 24.3 Å². The minimum Gasteiger partial charge on any atom is -0.481 e. The Labute approximate surface area is 121 Å². The van der Waals surface area contributed by atoms with Crippen LogP contribution in [0.2, 0.25) is 0 Å². The van der Waals surface area contributed by atoms with Gasteiger partial charge >= 0.3 is 5.97 Å². The number of carboxylic acids is 1. The highest BCUT2D eigenvalue weighted by molar-refractivity contribution is 5.82. The van der Waals surface area contributed by atoms with Gasteiger partial charge in [0.2, 0.25) is 5.91 Å². The van der Waals surface area contributed by atoms with Gasteiger partial charge in [0.15, 0.2) is 0 Å². The Kier molecular flexibility index (Phi) is 3.12. The summed E-state index contributed by atoms with van der Waals surface area (Å²) in [6.07, 6.45) is 0.478. The number of hydrogen-bond donors (Lipinski definition) is 1. The Morgan fingerprint density at radius 2 is 2.14 bits per heavy atom. The normalized spacial score (nSPS) is 21.9. The molecule has 0 radical (unpaired) electrons. The second-order valence-electron chi connectivity index (χ2n) is 5.67. The van der Waals surface area contributed by atoms with Crippen molar-refractivity contribution in [1.29, 1.82) is 0 Å². The highest BCUT2D eigenvalue weighted by Gasteiger charge is 2.42. The molecule has 1 N–H and O–H groups in total. The third kappa shape index (κ3) is 2.35. The molecule has 0 saturated carbocycles. The summed E-state index contributed by atoms with van der Waals surface area (Å²) in [6.45, 7) is 2.46. The van der Waals surface area contributed by atoms with E-state index in [2.05, 4.69) is 10.3 Å². The summed E-state index contributed by atoms with van der Waals surface area (Å²) in [5.74, 6) is -0.986. The van der Waals surface area contributed by atoms with E-state index in [4.69, 9.17) is 0 Å². The number of aromatic nitrogens is 3. The van der Waals surface area contributed by atoms with E-state index in [0.717, 1.165) is 11.0 Å². The number of fused-ring (bicyclic) bond motifs is 1. The zero-order valence-electron chi connectivity index (χ0n) is 11.7. The number of hydrogen-bond acceptors (Lipinski definition) is 4. The third-order valence-corrected chi connectivity index (χ3v) is 4.05. The molecule has 1 saturated heterocycles. The van der Waals surface area contributed by atoms with E-state index in [1.807, 2.05) is 24.3 Å². The van der Waals surface area contributed by atoms with Crippen molar-refractivity contribution >= 4 is 22.9 Å². The number of para-hydroxylation sites is 1. The van der Waals surface area contributed by atoms with E-state index in [0.29, 0.717) is 13.0 Å². The van der Waals surface area contributed by atoms with Crippen LogP contribution in [0.3, 0.4) is 0 Å². The maximum atomic E-state index is 12.3. The highest BCUT2D eigenvalue weighted by atomic mass is 16.4. The molecule has 110 valence electrons. The van der Waals surface area contributed by atoms with Crippen molar-refractivity contribution in [3.63, 3.8) is 0 Å². The summed E-state index contributed by atoms with van der Waals surface area (Å²) in [5.41, 5.74) is 0.688. The first-order valence-corrected chi connectivity index (χ1v) is 6.79. The van der Waals surface area contributed by atoms with E-state index in [1.165, 1.54) is 0 Å². The number of amides is 1. The zero-order valence-corrected chi connectivity index (χ0v) is 11.7. The Hall–Kier alpha value is -2.44. The number of likely N-dealkylation sites (tertiary alicyclic amines) is 1. The van der Waals surface area contributed by atoms with Crippen molar-refractivity contribution in [2.24, 2.45) is 5.41 Å². The Bertz CT molecular complexity index is 711. The van der Waals surface area contributed by atoms with Crippen LogP contribution < -0.4 is 0 Å². The van der Waals surface area contributed by atoms with E-state index < -0.39 is 11.4 Å². The molecule has 7 nitrogen and oxygen atoms in total. The SMILES string of the molecule is C[C@]1(C(=O)O)CCN(C(=O)Cn2nnc3ccccc32)C1. The van der Waals surface area contributed by atoms with Crippen LogP contribution in [0.1, 0.15) is 13.3 Å². The largest absolute Gasteiger partial charge is 0.481 e. The van der Waals surface area contributed by atoms with E-state index in [1.54, 1.807) is 16.5 Å². The average Bonchev–Trinajstić information content (AvgIpc) is 3.05. The monoisotopic (exact) mass is 288 g/mol. The van der Waals surface area contributed by atoms with Crippen LogP contribution >= 0.6 is 0 Å². The van der Waals surface area contributed by atoms with Crippen LogP contribution in [0.15, 0.2) is 24.3 Å². The van der Waals surface area contributed by atoms with Gasteiger partial charge in [-0.1, -0.05) is 17.3 Å². The number of benzene rings is 1. The number of carbonyl (C=O) groups is 2. The van der Waals surface area contributed by atoms with E-state index >= 15 is 0 Å². The van der Waals surface area contributed by atoms with E-state index in [9.17, 15) is 14.7 Å². The van der Waals surface area contributed by atoms with Gasteiger partial charge < -0.3 is 10.0 Å². The quantitative estimate of drug-likeness (QED) is 0.900. The van der Waals surface area contributed by atoms with Crippen LogP contribution in [-0.2, 0) is 16.1 Å². The Balaban J connectivity index is 1.74. The molecule has 1 atom stereocenters. The van der Waals surface area contributed by atoms with Gasteiger partial charge in [-0.25, -0.2) is 4.68 Å². The molecule has 1 amide bonds. The van der Waals surface area contributed by atoms with Gasteiger partial charge in [0.05, 0.1) is 10.9 Å². The molecule has 1 aliphatic heterocycles. The van der Waals surface area contributed by atoms with Gasteiger partial charge in [-0.05, 0) is 25.5 Å². The second kappa shape index (κ2) is 4.83. The minimum atomic E-state index is -0.857. The first kappa shape index (κ1) is 13.5. The average molecular weight is 288 g/mol. The van der Waals surface area contributed by atoms with Crippen LogP contribution in [0.5, 0.6) is 0 Å². The number of carbonyl (C=O) groups excluding carboxylic acids is 1. The summed E-state index contributed by atoms with van der Waals surface area (Å²) >= 11 is 0. The molecule has 2 heterocycles. The molecule has 0 spiro atoms. The summed E-state index contributed by atoms with van der Waals surface area (Å²) in [7, 11) is 0. The van der Waals surface area contributed by atoms with Crippen molar-refractivity contribution in [1.82, 2.24) is 19.9 Å². The van der Waals surface area contributed by atoms with Gasteiger partial charge in [-0.15, -0.1) is 5.10 Å². The predicted octanol–water partition coefficient (Wildman–Crippen LogP) is 0.754. The van der Waals surface area contributed by atoms with Crippen molar-refractivity contribution in [2.75, 3.05) is 13.1 Å². The second-order valence-corrected chi connectivity index (χ2v) is 5.67. The number of rotatable bonds is 3. The lowest BCUT2D eigenvalue weighted by atomic mass is 9.90. The lowest BCUT2D eigenvalue weighted by molar-refractivity contribution is -0.147.